The Kier molecular flexibility index (Phi) is 6.72. The van der Waals surface area contributed by atoms with E-state index < -0.39 is 12.0 Å². The molecule has 154 valence electrons. The number of hydrogen-bond acceptors (Lipinski definition) is 6. The fourth-order valence-electron chi connectivity index (χ4n) is 3.27. The van der Waals surface area contributed by atoms with Gasteiger partial charge in [-0.15, -0.1) is 0 Å². The summed E-state index contributed by atoms with van der Waals surface area (Å²) in [5.74, 6) is -0.636. The van der Waals surface area contributed by atoms with E-state index in [9.17, 15) is 9.90 Å². The van der Waals surface area contributed by atoms with Crippen molar-refractivity contribution in [3.8, 4) is 5.75 Å². The van der Waals surface area contributed by atoms with Crippen LogP contribution in [0.25, 0.3) is 0 Å². The third-order valence-electron chi connectivity index (χ3n) is 5.08. The fraction of sp³-hybridized carbons (Fsp3) is 0.364. The molecule has 0 spiro atoms. The molecule has 2 aromatic rings. The number of anilines is 1. The van der Waals surface area contributed by atoms with E-state index >= 15 is 0 Å². The van der Waals surface area contributed by atoms with Crippen molar-refractivity contribution in [2.24, 2.45) is 5.73 Å². The lowest BCUT2D eigenvalue weighted by molar-refractivity contribution is -0.307. The molecule has 2 aromatic carbocycles. The molecule has 7 heteroatoms. The molecular weight excluding hydrogens is 368 g/mol. The lowest BCUT2D eigenvalue weighted by atomic mass is 9.93. The number of nitrogens with two attached hydrogens (primary N) is 1. The van der Waals surface area contributed by atoms with E-state index in [4.69, 9.17) is 15.9 Å². The van der Waals surface area contributed by atoms with Crippen molar-refractivity contribution in [3.05, 3.63) is 59.2 Å². The third-order valence-corrected chi connectivity index (χ3v) is 5.08. The Morgan fingerprint density at radius 1 is 1.28 bits per heavy atom. The predicted octanol–water partition coefficient (Wildman–Crippen LogP) is 1.91. The number of aliphatic carboxylic acids is 1. The molecule has 1 atom stereocenters. The SMILES string of the molecule is CCOc1cc(CNC2CCC2)cc(C(Nc2ccc(C(=N)N)cc2)C(=O)[O-])c1. The van der Waals surface area contributed by atoms with Gasteiger partial charge < -0.3 is 31.0 Å². The number of nitrogen functional groups attached to an aromatic ring is 1. The molecule has 3 rings (SSSR count). The van der Waals surface area contributed by atoms with E-state index in [0.29, 0.717) is 41.8 Å². The van der Waals surface area contributed by atoms with Gasteiger partial charge in [0, 0.05) is 23.8 Å². The molecule has 0 radical (unpaired) electrons. The first-order valence-electron chi connectivity index (χ1n) is 9.88. The maximum atomic E-state index is 11.9. The Morgan fingerprint density at radius 3 is 2.55 bits per heavy atom. The minimum Gasteiger partial charge on any atom is -0.548 e. The van der Waals surface area contributed by atoms with Crippen LogP contribution in [0.2, 0.25) is 0 Å². The molecule has 0 heterocycles. The van der Waals surface area contributed by atoms with Crippen molar-refractivity contribution < 1.29 is 14.6 Å². The van der Waals surface area contributed by atoms with Crippen molar-refractivity contribution in [1.29, 1.82) is 5.41 Å². The lowest BCUT2D eigenvalue weighted by Gasteiger charge is -2.27. The smallest absolute Gasteiger partial charge is 0.122 e. The topological polar surface area (TPSA) is 123 Å². The molecule has 1 aliphatic carbocycles. The summed E-state index contributed by atoms with van der Waals surface area (Å²) in [6.45, 7) is 3.05. The highest BCUT2D eigenvalue weighted by Crippen LogP contribution is 2.26. The monoisotopic (exact) mass is 395 g/mol. The van der Waals surface area contributed by atoms with Gasteiger partial charge in [0.1, 0.15) is 11.6 Å². The molecule has 1 fully saturated rings. The van der Waals surface area contributed by atoms with Gasteiger partial charge in [0.15, 0.2) is 0 Å². The van der Waals surface area contributed by atoms with Crippen LogP contribution in [0.1, 0.15) is 48.9 Å². The molecular formula is C22H27N4O3-. The van der Waals surface area contributed by atoms with Crippen molar-refractivity contribution in [3.63, 3.8) is 0 Å². The number of carboxylic acids is 1. The summed E-state index contributed by atoms with van der Waals surface area (Å²) in [5, 5.41) is 25.8. The van der Waals surface area contributed by atoms with E-state index in [2.05, 4.69) is 10.6 Å². The van der Waals surface area contributed by atoms with Gasteiger partial charge in [-0.1, -0.05) is 12.5 Å². The largest absolute Gasteiger partial charge is 0.548 e. The van der Waals surface area contributed by atoms with Crippen LogP contribution < -0.4 is 26.2 Å². The molecule has 7 nitrogen and oxygen atoms in total. The number of amidine groups is 1. The highest BCUT2D eigenvalue weighted by atomic mass is 16.5. The van der Waals surface area contributed by atoms with Crippen molar-refractivity contribution >= 4 is 17.5 Å². The number of ether oxygens (including phenoxy) is 1. The minimum absolute atomic E-state index is 0.0407. The van der Waals surface area contributed by atoms with Gasteiger partial charge in [-0.05, 0) is 67.3 Å². The summed E-state index contributed by atoms with van der Waals surface area (Å²) >= 11 is 0. The molecule has 1 unspecified atom stereocenters. The maximum Gasteiger partial charge on any atom is 0.122 e. The predicted molar refractivity (Wildman–Crippen MR) is 111 cm³/mol. The molecule has 0 aliphatic heterocycles. The summed E-state index contributed by atoms with van der Waals surface area (Å²) in [5.41, 5.74) is 8.18. The van der Waals surface area contributed by atoms with Crippen molar-refractivity contribution in [1.82, 2.24) is 5.32 Å². The van der Waals surface area contributed by atoms with Crippen molar-refractivity contribution in [2.75, 3.05) is 11.9 Å². The number of rotatable bonds is 10. The second-order valence-electron chi connectivity index (χ2n) is 7.24. The van der Waals surface area contributed by atoms with E-state index in [0.717, 1.165) is 5.56 Å². The molecule has 29 heavy (non-hydrogen) atoms. The molecule has 1 saturated carbocycles. The molecule has 1 aliphatic rings. The van der Waals surface area contributed by atoms with E-state index in [-0.39, 0.29) is 5.84 Å². The van der Waals surface area contributed by atoms with Crippen LogP contribution >= 0.6 is 0 Å². The molecule has 0 saturated heterocycles. The molecule has 0 bridgehead atoms. The van der Waals surface area contributed by atoms with Crippen LogP contribution in [-0.2, 0) is 11.3 Å². The minimum atomic E-state index is -1.23. The molecule has 0 aromatic heterocycles. The van der Waals surface area contributed by atoms with Crippen LogP contribution in [0, 0.1) is 5.41 Å². The Balaban J connectivity index is 1.82. The Labute approximate surface area is 170 Å². The fourth-order valence-corrected chi connectivity index (χ4v) is 3.27. The second kappa shape index (κ2) is 9.43. The Morgan fingerprint density at radius 2 is 2.00 bits per heavy atom. The number of hydrogen-bond donors (Lipinski definition) is 4. The standard InChI is InChI=1S/C22H28N4O3/c1-2-29-19-11-14(13-25-17-4-3-5-17)10-16(12-19)20(22(27)28)26-18-8-6-15(7-9-18)21(23)24/h6-12,17,20,25-26H,2-5,13H2,1H3,(H3,23,24)(H,27,28)/p-1. The third kappa shape index (κ3) is 5.48. The van der Waals surface area contributed by atoms with E-state index in [1.54, 1.807) is 30.3 Å². The summed E-state index contributed by atoms with van der Waals surface area (Å²) in [7, 11) is 0. The average molecular weight is 395 g/mol. The number of carbonyl (C=O) groups is 1. The average Bonchev–Trinajstić information content (AvgIpc) is 2.65. The van der Waals surface area contributed by atoms with Gasteiger partial charge in [0.25, 0.3) is 0 Å². The second-order valence-corrected chi connectivity index (χ2v) is 7.24. The number of carbonyl (C=O) groups excluding carboxylic acids is 1. The maximum absolute atomic E-state index is 11.9. The van der Waals surface area contributed by atoms with Gasteiger partial charge in [-0.3, -0.25) is 5.41 Å². The summed E-state index contributed by atoms with van der Waals surface area (Å²) < 4.78 is 5.65. The number of benzene rings is 2. The van der Waals surface area contributed by atoms with Crippen LogP contribution in [0.15, 0.2) is 42.5 Å². The normalized spacial score (nSPS) is 14.7. The zero-order chi connectivity index (χ0) is 20.8. The number of nitrogens with one attached hydrogen (secondary N) is 3. The zero-order valence-electron chi connectivity index (χ0n) is 16.5. The first-order valence-corrected chi connectivity index (χ1v) is 9.88. The van der Waals surface area contributed by atoms with Crippen molar-refractivity contribution in [2.45, 2.75) is 44.8 Å². The molecule has 5 N–H and O–H groups in total. The molecule has 0 amide bonds. The van der Waals surface area contributed by atoms with E-state index in [1.165, 1.54) is 19.3 Å². The van der Waals surface area contributed by atoms with Gasteiger partial charge in [0.2, 0.25) is 0 Å². The van der Waals surface area contributed by atoms with Crippen LogP contribution in [0.4, 0.5) is 5.69 Å². The summed E-state index contributed by atoms with van der Waals surface area (Å²) in [4.78, 5) is 11.9. The van der Waals surface area contributed by atoms with Gasteiger partial charge >= 0.3 is 0 Å². The van der Waals surface area contributed by atoms with E-state index in [1.807, 2.05) is 19.1 Å². The Hall–Kier alpha value is -3.06. The van der Waals surface area contributed by atoms with Crippen LogP contribution in [0.3, 0.4) is 0 Å². The van der Waals surface area contributed by atoms with Gasteiger partial charge in [-0.2, -0.15) is 0 Å². The Bertz CT molecular complexity index is 863. The lowest BCUT2D eigenvalue weighted by Crippen LogP contribution is -2.35. The highest BCUT2D eigenvalue weighted by molar-refractivity contribution is 5.95. The summed E-state index contributed by atoms with van der Waals surface area (Å²) in [6, 6.07) is 11.7. The zero-order valence-corrected chi connectivity index (χ0v) is 16.5. The van der Waals surface area contributed by atoms with Crippen LogP contribution in [0.5, 0.6) is 5.75 Å². The first kappa shape index (κ1) is 20.7. The quantitative estimate of drug-likeness (QED) is 0.360. The van der Waals surface area contributed by atoms with Gasteiger partial charge in [0.05, 0.1) is 18.6 Å². The number of carboxylic acid groups (broad SMARTS) is 1. The van der Waals surface area contributed by atoms with Crippen LogP contribution in [-0.4, -0.2) is 24.5 Å². The first-order chi connectivity index (χ1) is 14.0. The highest BCUT2D eigenvalue weighted by Gasteiger charge is 2.18. The van der Waals surface area contributed by atoms with Gasteiger partial charge in [-0.25, -0.2) is 0 Å². The summed E-state index contributed by atoms with van der Waals surface area (Å²) in [6.07, 6.45) is 3.61.